The average Bonchev–Trinajstić information content (AvgIpc) is 3.29. The number of fused-ring (bicyclic) bond motifs is 3. The van der Waals surface area contributed by atoms with E-state index in [2.05, 4.69) is 15.3 Å². The Kier molecular flexibility index (Phi) is 4.01. The van der Waals surface area contributed by atoms with E-state index in [4.69, 9.17) is 9.72 Å². The fourth-order valence-corrected chi connectivity index (χ4v) is 3.89. The van der Waals surface area contributed by atoms with Crippen LogP contribution in [0.25, 0.3) is 16.7 Å². The first-order valence-electron chi connectivity index (χ1n) is 9.51. The number of anilines is 3. The first kappa shape index (κ1) is 17.4. The highest BCUT2D eigenvalue weighted by molar-refractivity contribution is 5.95. The predicted molar refractivity (Wildman–Crippen MR) is 115 cm³/mol. The van der Waals surface area contributed by atoms with Crippen molar-refractivity contribution in [3.63, 3.8) is 0 Å². The van der Waals surface area contributed by atoms with Crippen molar-refractivity contribution in [1.29, 1.82) is 0 Å². The lowest BCUT2D eigenvalue weighted by atomic mass is 10.1. The Balaban J connectivity index is 1.67. The van der Waals surface area contributed by atoms with Crippen molar-refractivity contribution in [3.8, 4) is 11.4 Å². The molecular formula is C22H21N5O2. The average molecular weight is 387 g/mol. The Morgan fingerprint density at radius 2 is 1.86 bits per heavy atom. The molecule has 2 N–H and O–H groups in total. The third-order valence-electron chi connectivity index (χ3n) is 5.35. The van der Waals surface area contributed by atoms with Gasteiger partial charge in [-0.2, -0.15) is 0 Å². The number of benzene rings is 2. The Labute approximate surface area is 167 Å². The van der Waals surface area contributed by atoms with Gasteiger partial charge in [0.25, 0.3) is 5.56 Å². The fourth-order valence-electron chi connectivity index (χ4n) is 3.89. The van der Waals surface area contributed by atoms with E-state index in [1.54, 1.807) is 11.8 Å². The van der Waals surface area contributed by atoms with Gasteiger partial charge in [-0.15, -0.1) is 0 Å². The number of hydrogen-bond donors (Lipinski definition) is 2. The Morgan fingerprint density at radius 3 is 2.59 bits per heavy atom. The number of aromatic nitrogens is 3. The monoisotopic (exact) mass is 387 g/mol. The summed E-state index contributed by atoms with van der Waals surface area (Å²) in [4.78, 5) is 20.1. The van der Waals surface area contributed by atoms with Gasteiger partial charge in [-0.1, -0.05) is 18.2 Å². The zero-order valence-corrected chi connectivity index (χ0v) is 16.3. The number of likely N-dealkylation sites (N-methyl/N-ethyl adjacent to an activating group) is 1. The molecule has 0 unspecified atom stereocenters. The number of nitrogens with one attached hydrogen (secondary N) is 2. The van der Waals surface area contributed by atoms with Crippen molar-refractivity contribution in [1.82, 2.24) is 14.8 Å². The van der Waals surface area contributed by atoms with Gasteiger partial charge in [-0.3, -0.25) is 9.89 Å². The van der Waals surface area contributed by atoms with Crippen molar-refractivity contribution < 1.29 is 4.74 Å². The van der Waals surface area contributed by atoms with Crippen molar-refractivity contribution in [2.45, 2.75) is 6.42 Å². The maximum Gasteiger partial charge on any atom is 0.282 e. The van der Waals surface area contributed by atoms with Gasteiger partial charge in [-0.25, -0.2) is 9.67 Å². The molecule has 1 aliphatic heterocycles. The number of hydrogen-bond acceptors (Lipinski definition) is 5. The zero-order chi connectivity index (χ0) is 20.0. The minimum absolute atomic E-state index is 0.0836. The van der Waals surface area contributed by atoms with E-state index in [0.717, 1.165) is 47.2 Å². The lowest BCUT2D eigenvalue weighted by Crippen LogP contribution is -2.18. The number of methoxy groups -OCH3 is 1. The van der Waals surface area contributed by atoms with Crippen LogP contribution in [0.5, 0.6) is 5.75 Å². The largest absolute Gasteiger partial charge is 0.497 e. The van der Waals surface area contributed by atoms with Crippen LogP contribution in [-0.4, -0.2) is 35.5 Å². The highest BCUT2D eigenvalue weighted by Crippen LogP contribution is 2.37. The number of ether oxygens (including phenoxy) is 1. The van der Waals surface area contributed by atoms with E-state index in [0.29, 0.717) is 11.0 Å². The molecule has 146 valence electrons. The summed E-state index contributed by atoms with van der Waals surface area (Å²) in [5.74, 6) is 1.57. The summed E-state index contributed by atoms with van der Waals surface area (Å²) < 4.78 is 6.79. The molecule has 1 aliphatic rings. The van der Waals surface area contributed by atoms with Crippen LogP contribution in [-0.2, 0) is 6.42 Å². The first-order valence-corrected chi connectivity index (χ1v) is 9.51. The minimum atomic E-state index is -0.0836. The second-order valence-electron chi connectivity index (χ2n) is 7.12. The summed E-state index contributed by atoms with van der Waals surface area (Å²) in [7, 11) is 3.66. The number of rotatable bonds is 4. The van der Waals surface area contributed by atoms with Gasteiger partial charge >= 0.3 is 0 Å². The SMILES string of the molecule is COc1ccc(Nc2nc3[nH]n(-c4ccccc4)c(=O)c3c3c2CCN3C)cc1. The van der Waals surface area contributed by atoms with E-state index < -0.39 is 0 Å². The third kappa shape index (κ3) is 2.82. The summed E-state index contributed by atoms with van der Waals surface area (Å²) in [6, 6.07) is 17.3. The molecule has 0 amide bonds. The minimum Gasteiger partial charge on any atom is -0.497 e. The molecule has 3 heterocycles. The number of aromatic amines is 1. The summed E-state index contributed by atoms with van der Waals surface area (Å²) in [6.45, 7) is 0.851. The van der Waals surface area contributed by atoms with Crippen LogP contribution < -0.4 is 20.5 Å². The van der Waals surface area contributed by atoms with Crippen LogP contribution in [0.3, 0.4) is 0 Å². The third-order valence-corrected chi connectivity index (χ3v) is 5.35. The van der Waals surface area contributed by atoms with Crippen molar-refractivity contribution in [2.24, 2.45) is 0 Å². The molecule has 0 bridgehead atoms. The molecule has 7 heteroatoms. The zero-order valence-electron chi connectivity index (χ0n) is 16.3. The molecule has 2 aromatic carbocycles. The van der Waals surface area contributed by atoms with Crippen LogP contribution >= 0.6 is 0 Å². The standard InChI is InChI=1S/C22H21N5O2/c1-26-13-12-17-19(26)18-21(25-27(22(18)28)15-6-4-3-5-7-15)24-20(17)23-14-8-10-16(29-2)11-9-14/h3-11H,12-13H2,1-2H3,(H2,23,24,25). The number of pyridine rings is 1. The molecule has 0 fully saturated rings. The second-order valence-corrected chi connectivity index (χ2v) is 7.12. The van der Waals surface area contributed by atoms with Gasteiger partial charge in [0.2, 0.25) is 0 Å². The summed E-state index contributed by atoms with van der Waals surface area (Å²) in [6.07, 6.45) is 0.837. The quantitative estimate of drug-likeness (QED) is 0.561. The molecule has 0 radical (unpaired) electrons. The van der Waals surface area contributed by atoms with Crippen LogP contribution in [0, 0.1) is 0 Å². The smallest absolute Gasteiger partial charge is 0.282 e. The summed E-state index contributed by atoms with van der Waals surface area (Å²) in [5.41, 5.74) is 4.20. The van der Waals surface area contributed by atoms with Gasteiger partial charge < -0.3 is 15.0 Å². The van der Waals surface area contributed by atoms with E-state index in [-0.39, 0.29) is 5.56 Å². The maximum absolute atomic E-state index is 13.2. The molecule has 5 rings (SSSR count). The molecule has 0 spiro atoms. The molecular weight excluding hydrogens is 366 g/mol. The highest BCUT2D eigenvalue weighted by Gasteiger charge is 2.27. The lowest BCUT2D eigenvalue weighted by Gasteiger charge is -2.15. The van der Waals surface area contributed by atoms with E-state index in [1.165, 1.54) is 0 Å². The topological polar surface area (TPSA) is 75.2 Å². The number of H-pyrrole nitrogens is 1. The predicted octanol–water partition coefficient (Wildman–Crippen LogP) is 3.46. The number of para-hydroxylation sites is 1. The van der Waals surface area contributed by atoms with Crippen LogP contribution in [0.15, 0.2) is 59.4 Å². The maximum atomic E-state index is 13.2. The second kappa shape index (κ2) is 6.70. The van der Waals surface area contributed by atoms with Crippen molar-refractivity contribution in [3.05, 3.63) is 70.5 Å². The van der Waals surface area contributed by atoms with Crippen LogP contribution in [0.2, 0.25) is 0 Å². The molecule has 4 aromatic rings. The highest BCUT2D eigenvalue weighted by atomic mass is 16.5. The van der Waals surface area contributed by atoms with E-state index >= 15 is 0 Å². The van der Waals surface area contributed by atoms with Gasteiger partial charge in [-0.05, 0) is 42.8 Å². The molecule has 2 aromatic heterocycles. The van der Waals surface area contributed by atoms with Crippen molar-refractivity contribution >= 4 is 28.2 Å². The summed E-state index contributed by atoms with van der Waals surface area (Å²) >= 11 is 0. The van der Waals surface area contributed by atoms with E-state index in [1.807, 2.05) is 61.6 Å². The van der Waals surface area contributed by atoms with E-state index in [9.17, 15) is 4.79 Å². The van der Waals surface area contributed by atoms with Gasteiger partial charge in [0, 0.05) is 24.8 Å². The lowest BCUT2D eigenvalue weighted by molar-refractivity contribution is 0.415. The van der Waals surface area contributed by atoms with Crippen molar-refractivity contribution in [2.75, 3.05) is 30.9 Å². The summed E-state index contributed by atoms with van der Waals surface area (Å²) in [5, 5.41) is 7.22. The van der Waals surface area contributed by atoms with Gasteiger partial charge in [0.05, 0.1) is 18.5 Å². The van der Waals surface area contributed by atoms with Gasteiger partial charge in [0.15, 0.2) is 5.65 Å². The normalized spacial score (nSPS) is 13.0. The molecule has 0 saturated carbocycles. The molecule has 29 heavy (non-hydrogen) atoms. The Hall–Kier alpha value is -3.74. The molecule has 7 nitrogen and oxygen atoms in total. The first-order chi connectivity index (χ1) is 14.2. The fraction of sp³-hybridized carbons (Fsp3) is 0.182. The number of nitrogens with zero attached hydrogens (tertiary/aromatic N) is 3. The van der Waals surface area contributed by atoms with Crippen LogP contribution in [0.4, 0.5) is 17.2 Å². The Bertz CT molecular complexity index is 1240. The molecule has 0 atom stereocenters. The van der Waals surface area contributed by atoms with Crippen LogP contribution in [0.1, 0.15) is 5.56 Å². The molecule has 0 saturated heterocycles. The molecule has 0 aliphatic carbocycles. The van der Waals surface area contributed by atoms with Gasteiger partial charge in [0.1, 0.15) is 17.0 Å². The Morgan fingerprint density at radius 1 is 1.10 bits per heavy atom.